The highest BCUT2D eigenvalue weighted by molar-refractivity contribution is 6.00. The Morgan fingerprint density at radius 3 is 2.62 bits per heavy atom. The molecule has 1 aliphatic rings. The highest BCUT2D eigenvalue weighted by atomic mass is 16.5. The summed E-state index contributed by atoms with van der Waals surface area (Å²) in [5.41, 5.74) is 0.202. The maximum atomic E-state index is 12.2. The van der Waals surface area contributed by atoms with E-state index in [0.29, 0.717) is 11.4 Å². The number of anilines is 1. The molecule has 7 heteroatoms. The van der Waals surface area contributed by atoms with Gasteiger partial charge in [0.1, 0.15) is 12.3 Å². The topological polar surface area (TPSA) is 87.7 Å². The zero-order valence-electron chi connectivity index (χ0n) is 14.2. The van der Waals surface area contributed by atoms with Gasteiger partial charge in [-0.1, -0.05) is 12.1 Å². The summed E-state index contributed by atoms with van der Waals surface area (Å²) in [4.78, 5) is 37.5. The van der Waals surface area contributed by atoms with Crippen molar-refractivity contribution in [1.82, 2.24) is 10.6 Å². The predicted octanol–water partition coefficient (Wildman–Crippen LogP) is 0.833. The number of rotatable bonds is 4. The smallest absolute Gasteiger partial charge is 0.240 e. The van der Waals surface area contributed by atoms with Crippen LogP contribution in [0.25, 0.3) is 0 Å². The van der Waals surface area contributed by atoms with E-state index >= 15 is 0 Å². The zero-order chi connectivity index (χ0) is 17.7. The monoisotopic (exact) mass is 333 g/mol. The number of benzene rings is 1. The maximum absolute atomic E-state index is 12.2. The van der Waals surface area contributed by atoms with E-state index in [1.165, 1.54) is 4.90 Å². The van der Waals surface area contributed by atoms with Crippen molar-refractivity contribution in [2.24, 2.45) is 0 Å². The SMILES string of the molecule is CC(C)(C)NC(=O)CNC(=O)CN1C(=O)CCOc2ccccc21. The van der Waals surface area contributed by atoms with Gasteiger partial charge in [-0.15, -0.1) is 0 Å². The minimum Gasteiger partial charge on any atom is -0.491 e. The summed E-state index contributed by atoms with van der Waals surface area (Å²) in [7, 11) is 0. The Morgan fingerprint density at radius 2 is 1.92 bits per heavy atom. The van der Waals surface area contributed by atoms with E-state index in [9.17, 15) is 14.4 Å². The van der Waals surface area contributed by atoms with Crippen molar-refractivity contribution in [3.05, 3.63) is 24.3 Å². The van der Waals surface area contributed by atoms with Crippen molar-refractivity contribution in [2.75, 3.05) is 24.6 Å². The van der Waals surface area contributed by atoms with Gasteiger partial charge in [0.25, 0.3) is 0 Å². The average molecular weight is 333 g/mol. The van der Waals surface area contributed by atoms with Gasteiger partial charge in [0, 0.05) is 5.54 Å². The van der Waals surface area contributed by atoms with Crippen LogP contribution in [0.1, 0.15) is 27.2 Å². The van der Waals surface area contributed by atoms with Crippen LogP contribution in [0.15, 0.2) is 24.3 Å². The van der Waals surface area contributed by atoms with Gasteiger partial charge in [-0.3, -0.25) is 19.3 Å². The van der Waals surface area contributed by atoms with Crippen LogP contribution in [0.5, 0.6) is 5.75 Å². The van der Waals surface area contributed by atoms with Gasteiger partial charge in [0.2, 0.25) is 17.7 Å². The Kier molecular flexibility index (Phi) is 5.43. The third-order valence-electron chi connectivity index (χ3n) is 3.29. The number of hydrogen-bond acceptors (Lipinski definition) is 4. The van der Waals surface area contributed by atoms with E-state index in [0.717, 1.165) is 0 Å². The predicted molar refractivity (Wildman–Crippen MR) is 89.8 cm³/mol. The summed E-state index contributed by atoms with van der Waals surface area (Å²) in [5.74, 6) is -0.290. The van der Waals surface area contributed by atoms with E-state index in [2.05, 4.69) is 10.6 Å². The van der Waals surface area contributed by atoms with Gasteiger partial charge in [0.05, 0.1) is 25.3 Å². The Hall–Kier alpha value is -2.57. The van der Waals surface area contributed by atoms with Crippen LogP contribution in [-0.4, -0.2) is 43.0 Å². The second-order valence-electron chi connectivity index (χ2n) is 6.62. The molecule has 1 aliphatic heterocycles. The van der Waals surface area contributed by atoms with E-state index in [1.54, 1.807) is 18.2 Å². The van der Waals surface area contributed by atoms with Crippen molar-refractivity contribution < 1.29 is 19.1 Å². The number of para-hydroxylation sites is 2. The first-order valence-corrected chi connectivity index (χ1v) is 7.86. The van der Waals surface area contributed by atoms with Crippen molar-refractivity contribution in [3.63, 3.8) is 0 Å². The first-order valence-electron chi connectivity index (χ1n) is 7.86. The number of nitrogens with one attached hydrogen (secondary N) is 2. The molecule has 1 aromatic rings. The lowest BCUT2D eigenvalue weighted by Crippen LogP contribution is -2.48. The molecule has 0 fully saturated rings. The largest absolute Gasteiger partial charge is 0.491 e. The van der Waals surface area contributed by atoms with Gasteiger partial charge in [-0.2, -0.15) is 0 Å². The summed E-state index contributed by atoms with van der Waals surface area (Å²) < 4.78 is 5.53. The molecule has 0 spiro atoms. The summed E-state index contributed by atoms with van der Waals surface area (Å²) in [5, 5.41) is 5.30. The molecule has 0 saturated carbocycles. The minimum atomic E-state index is -0.399. The van der Waals surface area contributed by atoms with Gasteiger partial charge < -0.3 is 15.4 Å². The minimum absolute atomic E-state index is 0.129. The van der Waals surface area contributed by atoms with Gasteiger partial charge in [0.15, 0.2) is 0 Å². The molecule has 2 rings (SSSR count). The molecule has 0 atom stereocenters. The van der Waals surface area contributed by atoms with Gasteiger partial charge in [-0.25, -0.2) is 0 Å². The fourth-order valence-corrected chi connectivity index (χ4v) is 2.33. The van der Waals surface area contributed by atoms with E-state index in [-0.39, 0.29) is 43.5 Å². The van der Waals surface area contributed by atoms with Crippen LogP contribution in [0.4, 0.5) is 5.69 Å². The number of ether oxygens (including phenoxy) is 1. The highest BCUT2D eigenvalue weighted by Crippen LogP contribution is 2.30. The maximum Gasteiger partial charge on any atom is 0.240 e. The molecule has 7 nitrogen and oxygen atoms in total. The van der Waals surface area contributed by atoms with Crippen molar-refractivity contribution in [1.29, 1.82) is 0 Å². The van der Waals surface area contributed by atoms with E-state index in [4.69, 9.17) is 4.74 Å². The normalized spacial score (nSPS) is 14.3. The van der Waals surface area contributed by atoms with Crippen LogP contribution >= 0.6 is 0 Å². The number of carbonyl (C=O) groups is 3. The summed E-state index contributed by atoms with van der Waals surface area (Å²) in [6.45, 7) is 5.58. The summed E-state index contributed by atoms with van der Waals surface area (Å²) >= 11 is 0. The van der Waals surface area contributed by atoms with E-state index < -0.39 is 5.91 Å². The van der Waals surface area contributed by atoms with Crippen LogP contribution in [0, 0.1) is 0 Å². The number of hydrogen-bond donors (Lipinski definition) is 2. The highest BCUT2D eigenvalue weighted by Gasteiger charge is 2.25. The molecule has 24 heavy (non-hydrogen) atoms. The van der Waals surface area contributed by atoms with Gasteiger partial charge >= 0.3 is 0 Å². The lowest BCUT2D eigenvalue weighted by Gasteiger charge is -2.22. The van der Waals surface area contributed by atoms with Crippen LogP contribution in [0.2, 0.25) is 0 Å². The van der Waals surface area contributed by atoms with Crippen LogP contribution in [-0.2, 0) is 14.4 Å². The molecule has 130 valence electrons. The lowest BCUT2D eigenvalue weighted by atomic mass is 10.1. The molecule has 0 unspecified atom stereocenters. The molecule has 0 aliphatic carbocycles. The Balaban J connectivity index is 1.98. The number of carbonyl (C=O) groups excluding carboxylic acids is 3. The zero-order valence-corrected chi connectivity index (χ0v) is 14.2. The fraction of sp³-hybridized carbons (Fsp3) is 0.471. The van der Waals surface area contributed by atoms with Crippen LogP contribution in [0.3, 0.4) is 0 Å². The lowest BCUT2D eigenvalue weighted by molar-refractivity contribution is -0.127. The standard InChI is InChI=1S/C17H23N3O4/c1-17(2,3)19-14(21)10-18-15(22)11-20-12-6-4-5-7-13(12)24-9-8-16(20)23/h4-7H,8-11H2,1-3H3,(H,18,22)(H,19,21). The number of amides is 3. The molecule has 0 aromatic heterocycles. The van der Waals surface area contributed by atoms with Crippen molar-refractivity contribution >= 4 is 23.4 Å². The molecule has 0 saturated heterocycles. The summed E-state index contributed by atoms with van der Waals surface area (Å²) in [6.07, 6.45) is 0.201. The van der Waals surface area contributed by atoms with E-state index in [1.807, 2.05) is 26.8 Å². The summed E-state index contributed by atoms with van der Waals surface area (Å²) in [6, 6.07) is 7.08. The third-order valence-corrected chi connectivity index (χ3v) is 3.29. The van der Waals surface area contributed by atoms with Crippen molar-refractivity contribution in [2.45, 2.75) is 32.7 Å². The Labute approximate surface area is 141 Å². The second-order valence-corrected chi connectivity index (χ2v) is 6.62. The second kappa shape index (κ2) is 7.33. The quantitative estimate of drug-likeness (QED) is 0.854. The average Bonchev–Trinajstić information content (AvgIpc) is 2.64. The number of fused-ring (bicyclic) bond motifs is 1. The molecule has 3 amide bonds. The first-order chi connectivity index (χ1) is 11.3. The molecule has 2 N–H and O–H groups in total. The molecule has 1 aromatic carbocycles. The number of nitrogens with zero attached hydrogens (tertiary/aromatic N) is 1. The van der Waals surface area contributed by atoms with Crippen LogP contribution < -0.4 is 20.3 Å². The molecule has 0 bridgehead atoms. The third kappa shape index (κ3) is 4.97. The Bertz CT molecular complexity index is 637. The fourth-order valence-electron chi connectivity index (χ4n) is 2.33. The first kappa shape index (κ1) is 17.8. The van der Waals surface area contributed by atoms with Crippen molar-refractivity contribution in [3.8, 4) is 5.75 Å². The molecule has 1 heterocycles. The molecular formula is C17H23N3O4. The van der Waals surface area contributed by atoms with Gasteiger partial charge in [-0.05, 0) is 32.9 Å². The molecule has 0 radical (unpaired) electrons. The molecular weight excluding hydrogens is 310 g/mol. The Morgan fingerprint density at radius 1 is 1.21 bits per heavy atom.